The number of aromatic nitrogens is 1. The van der Waals surface area contributed by atoms with Crippen LogP contribution in [0.4, 0.5) is 0 Å². The van der Waals surface area contributed by atoms with Crippen LogP contribution in [0.15, 0.2) is 24.5 Å². The molecule has 1 aliphatic rings. The van der Waals surface area contributed by atoms with Crippen LogP contribution in [0.25, 0.3) is 0 Å². The summed E-state index contributed by atoms with van der Waals surface area (Å²) in [6.45, 7) is 1.30. The van der Waals surface area contributed by atoms with Gasteiger partial charge in [-0.05, 0) is 44.4 Å². The van der Waals surface area contributed by atoms with E-state index in [1.165, 1.54) is 5.56 Å². The van der Waals surface area contributed by atoms with Gasteiger partial charge >= 0.3 is 0 Å². The van der Waals surface area contributed by atoms with Crippen LogP contribution in [0.3, 0.4) is 0 Å². The summed E-state index contributed by atoms with van der Waals surface area (Å²) in [5, 5.41) is 10.1. The van der Waals surface area contributed by atoms with Crippen LogP contribution in [0.2, 0.25) is 0 Å². The van der Waals surface area contributed by atoms with E-state index in [1.54, 1.807) is 6.20 Å². The Balaban J connectivity index is 1.86. The van der Waals surface area contributed by atoms with E-state index in [0.29, 0.717) is 12.6 Å². The van der Waals surface area contributed by atoms with Crippen molar-refractivity contribution in [2.75, 3.05) is 13.6 Å². The van der Waals surface area contributed by atoms with Gasteiger partial charge in [0.15, 0.2) is 0 Å². The second-order valence-corrected chi connectivity index (χ2v) is 5.44. The van der Waals surface area contributed by atoms with Crippen molar-refractivity contribution < 1.29 is 5.11 Å². The van der Waals surface area contributed by atoms with Gasteiger partial charge in [0.25, 0.3) is 0 Å². The molecule has 0 spiro atoms. The topological polar surface area (TPSA) is 62.4 Å². The number of hydrogen-bond acceptors (Lipinski definition) is 4. The van der Waals surface area contributed by atoms with E-state index in [0.717, 1.165) is 32.2 Å². The van der Waals surface area contributed by atoms with Gasteiger partial charge in [-0.15, -0.1) is 0 Å². The van der Waals surface area contributed by atoms with E-state index >= 15 is 0 Å². The summed E-state index contributed by atoms with van der Waals surface area (Å²) in [6, 6.07) is 4.61. The molecule has 0 atom stereocenters. The molecule has 1 heterocycles. The maximum atomic E-state index is 10.1. The molecule has 1 aliphatic carbocycles. The van der Waals surface area contributed by atoms with Crippen LogP contribution in [-0.2, 0) is 6.54 Å². The maximum Gasteiger partial charge on any atom is 0.0770 e. The fourth-order valence-corrected chi connectivity index (χ4v) is 2.69. The number of rotatable bonds is 4. The SMILES string of the molecule is CN(Cc1cccnc1)C1CCC(O)(CN)CC1. The molecule has 0 bridgehead atoms. The predicted octanol–water partition coefficient (Wildman–Crippen LogP) is 1.15. The van der Waals surface area contributed by atoms with E-state index in [-0.39, 0.29) is 0 Å². The van der Waals surface area contributed by atoms with Crippen LogP contribution in [0, 0.1) is 0 Å². The summed E-state index contributed by atoms with van der Waals surface area (Å²) in [7, 11) is 2.14. The van der Waals surface area contributed by atoms with Crippen molar-refractivity contribution >= 4 is 0 Å². The summed E-state index contributed by atoms with van der Waals surface area (Å²) in [6.07, 6.45) is 7.37. The lowest BCUT2D eigenvalue weighted by molar-refractivity contribution is -0.0104. The van der Waals surface area contributed by atoms with Crippen LogP contribution in [-0.4, -0.2) is 40.2 Å². The Labute approximate surface area is 109 Å². The molecule has 0 unspecified atom stereocenters. The van der Waals surface area contributed by atoms with Crippen molar-refractivity contribution in [2.24, 2.45) is 5.73 Å². The van der Waals surface area contributed by atoms with Crippen LogP contribution < -0.4 is 5.73 Å². The molecular formula is C14H23N3O. The first-order valence-electron chi connectivity index (χ1n) is 6.64. The Morgan fingerprint density at radius 3 is 2.78 bits per heavy atom. The van der Waals surface area contributed by atoms with Crippen LogP contribution in [0.5, 0.6) is 0 Å². The number of pyridine rings is 1. The van der Waals surface area contributed by atoms with E-state index < -0.39 is 5.60 Å². The smallest absolute Gasteiger partial charge is 0.0770 e. The molecule has 0 amide bonds. The molecule has 0 aliphatic heterocycles. The lowest BCUT2D eigenvalue weighted by atomic mass is 9.82. The fraction of sp³-hybridized carbons (Fsp3) is 0.643. The molecule has 1 aromatic heterocycles. The normalized spacial score (nSPS) is 28.6. The highest BCUT2D eigenvalue weighted by atomic mass is 16.3. The average Bonchev–Trinajstić information content (AvgIpc) is 2.40. The first kappa shape index (κ1) is 13.5. The summed E-state index contributed by atoms with van der Waals surface area (Å²) in [5.41, 5.74) is 6.23. The Morgan fingerprint density at radius 1 is 1.50 bits per heavy atom. The van der Waals surface area contributed by atoms with Crippen LogP contribution in [0.1, 0.15) is 31.2 Å². The largest absolute Gasteiger partial charge is 0.389 e. The molecule has 18 heavy (non-hydrogen) atoms. The summed E-state index contributed by atoms with van der Waals surface area (Å²) >= 11 is 0. The molecule has 100 valence electrons. The lowest BCUT2D eigenvalue weighted by Gasteiger charge is -2.39. The van der Waals surface area contributed by atoms with E-state index in [2.05, 4.69) is 23.0 Å². The molecular weight excluding hydrogens is 226 g/mol. The van der Waals surface area contributed by atoms with Crippen molar-refractivity contribution in [3.8, 4) is 0 Å². The monoisotopic (exact) mass is 249 g/mol. The zero-order chi connectivity index (χ0) is 13.0. The minimum atomic E-state index is -0.619. The Morgan fingerprint density at radius 2 is 2.22 bits per heavy atom. The second kappa shape index (κ2) is 5.78. The average molecular weight is 249 g/mol. The van der Waals surface area contributed by atoms with Crippen molar-refractivity contribution in [3.05, 3.63) is 30.1 Å². The fourth-order valence-electron chi connectivity index (χ4n) is 2.69. The highest BCUT2D eigenvalue weighted by Gasteiger charge is 2.33. The molecule has 0 aromatic carbocycles. The number of aliphatic hydroxyl groups is 1. The van der Waals surface area contributed by atoms with Gasteiger partial charge in [0.1, 0.15) is 0 Å². The van der Waals surface area contributed by atoms with Gasteiger partial charge in [-0.3, -0.25) is 9.88 Å². The molecule has 4 heteroatoms. The Hall–Kier alpha value is -0.970. The van der Waals surface area contributed by atoms with Crippen molar-refractivity contribution in [1.82, 2.24) is 9.88 Å². The second-order valence-electron chi connectivity index (χ2n) is 5.44. The molecule has 1 aromatic rings. The first-order chi connectivity index (χ1) is 8.63. The van der Waals surface area contributed by atoms with Crippen molar-refractivity contribution in [2.45, 2.75) is 43.9 Å². The zero-order valence-corrected chi connectivity index (χ0v) is 11.0. The Kier molecular flexibility index (Phi) is 4.32. The highest BCUT2D eigenvalue weighted by Crippen LogP contribution is 2.30. The third-order valence-corrected chi connectivity index (χ3v) is 4.04. The maximum absolute atomic E-state index is 10.1. The zero-order valence-electron chi connectivity index (χ0n) is 11.0. The lowest BCUT2D eigenvalue weighted by Crippen LogP contribution is -2.45. The third-order valence-electron chi connectivity index (χ3n) is 4.04. The van der Waals surface area contributed by atoms with Crippen molar-refractivity contribution in [3.63, 3.8) is 0 Å². The Bertz CT molecular complexity index is 361. The summed E-state index contributed by atoms with van der Waals surface area (Å²) < 4.78 is 0. The molecule has 1 saturated carbocycles. The molecule has 0 saturated heterocycles. The number of nitrogens with zero attached hydrogens (tertiary/aromatic N) is 2. The standard InChI is InChI=1S/C14H23N3O/c1-17(10-12-3-2-8-16-9-12)13-4-6-14(18,11-15)7-5-13/h2-3,8-9,13,18H,4-7,10-11,15H2,1H3. The van der Waals surface area contributed by atoms with Crippen molar-refractivity contribution in [1.29, 1.82) is 0 Å². The minimum absolute atomic E-state index is 0.381. The molecule has 2 rings (SSSR count). The quantitative estimate of drug-likeness (QED) is 0.840. The first-order valence-corrected chi connectivity index (χ1v) is 6.64. The number of hydrogen-bond donors (Lipinski definition) is 2. The van der Waals surface area contributed by atoms with Gasteiger partial charge in [0.05, 0.1) is 5.60 Å². The molecule has 1 fully saturated rings. The van der Waals surface area contributed by atoms with Gasteiger partial charge in [-0.25, -0.2) is 0 Å². The van der Waals surface area contributed by atoms with Gasteiger partial charge in [-0.2, -0.15) is 0 Å². The van der Waals surface area contributed by atoms with Gasteiger partial charge in [-0.1, -0.05) is 6.07 Å². The number of nitrogens with two attached hydrogens (primary N) is 1. The minimum Gasteiger partial charge on any atom is -0.389 e. The van der Waals surface area contributed by atoms with Gasteiger partial charge in [0.2, 0.25) is 0 Å². The van der Waals surface area contributed by atoms with E-state index in [4.69, 9.17) is 5.73 Å². The highest BCUT2D eigenvalue weighted by molar-refractivity contribution is 5.08. The molecule has 0 radical (unpaired) electrons. The van der Waals surface area contributed by atoms with Gasteiger partial charge in [0, 0.05) is 31.5 Å². The van der Waals surface area contributed by atoms with Gasteiger partial charge < -0.3 is 10.8 Å². The molecule has 4 nitrogen and oxygen atoms in total. The summed E-state index contributed by atoms with van der Waals surface area (Å²) in [4.78, 5) is 6.49. The summed E-state index contributed by atoms with van der Waals surface area (Å²) in [5.74, 6) is 0. The van der Waals surface area contributed by atoms with E-state index in [9.17, 15) is 5.11 Å². The third kappa shape index (κ3) is 3.28. The van der Waals surface area contributed by atoms with E-state index in [1.807, 2.05) is 12.3 Å². The molecule has 3 N–H and O–H groups in total. The predicted molar refractivity (Wildman–Crippen MR) is 72.0 cm³/mol. The van der Waals surface area contributed by atoms with Crippen LogP contribution >= 0.6 is 0 Å².